The van der Waals surface area contributed by atoms with Crippen LogP contribution in [0.15, 0.2) is 12.7 Å². The van der Waals surface area contributed by atoms with Gasteiger partial charge in [0, 0.05) is 25.0 Å². The number of hydrogen-bond donors (Lipinski definition) is 1. The summed E-state index contributed by atoms with van der Waals surface area (Å²) in [6.45, 7) is 5.81. The fourth-order valence-corrected chi connectivity index (χ4v) is 1.31. The Morgan fingerprint density at radius 2 is 2.33 bits per heavy atom. The summed E-state index contributed by atoms with van der Waals surface area (Å²) in [5.41, 5.74) is 5.77. The molecule has 0 aromatic heterocycles. The van der Waals surface area contributed by atoms with Crippen molar-refractivity contribution in [3.05, 3.63) is 12.7 Å². The monoisotopic (exact) mass is 126 g/mol. The molecule has 0 spiro atoms. The summed E-state index contributed by atoms with van der Waals surface area (Å²) in [6, 6.07) is 0.312. The van der Waals surface area contributed by atoms with Crippen molar-refractivity contribution < 1.29 is 0 Å². The van der Waals surface area contributed by atoms with Crippen molar-refractivity contribution in [2.24, 2.45) is 11.7 Å². The zero-order valence-electron chi connectivity index (χ0n) is 5.88. The van der Waals surface area contributed by atoms with Gasteiger partial charge < -0.3 is 10.6 Å². The lowest BCUT2D eigenvalue weighted by molar-refractivity contribution is 0.405. The van der Waals surface area contributed by atoms with Crippen molar-refractivity contribution in [1.29, 1.82) is 0 Å². The van der Waals surface area contributed by atoms with Gasteiger partial charge in [-0.05, 0) is 7.05 Å². The molecule has 2 heteroatoms. The molecule has 2 atom stereocenters. The average molecular weight is 126 g/mol. The van der Waals surface area contributed by atoms with Crippen LogP contribution in [0.5, 0.6) is 0 Å². The SMILES string of the molecule is C=CC1CN(C)CC1N. The van der Waals surface area contributed by atoms with E-state index in [0.717, 1.165) is 13.1 Å². The van der Waals surface area contributed by atoms with E-state index in [9.17, 15) is 0 Å². The third-order valence-corrected chi connectivity index (χ3v) is 1.90. The molecule has 2 N–H and O–H groups in total. The van der Waals surface area contributed by atoms with Crippen LogP contribution in [0.4, 0.5) is 0 Å². The van der Waals surface area contributed by atoms with Gasteiger partial charge in [-0.1, -0.05) is 6.08 Å². The van der Waals surface area contributed by atoms with Crippen LogP contribution in [0.2, 0.25) is 0 Å². The van der Waals surface area contributed by atoms with E-state index in [2.05, 4.69) is 18.5 Å². The number of likely N-dealkylation sites (N-methyl/N-ethyl adjacent to an activating group) is 1. The number of hydrogen-bond acceptors (Lipinski definition) is 2. The fourth-order valence-electron chi connectivity index (χ4n) is 1.31. The average Bonchev–Trinajstić information content (AvgIpc) is 2.10. The van der Waals surface area contributed by atoms with Crippen LogP contribution in [-0.2, 0) is 0 Å². The maximum Gasteiger partial charge on any atom is 0.0243 e. The van der Waals surface area contributed by atoms with Crippen LogP contribution in [0, 0.1) is 5.92 Å². The maximum atomic E-state index is 5.77. The molecule has 1 aliphatic rings. The van der Waals surface area contributed by atoms with Gasteiger partial charge in [0.1, 0.15) is 0 Å². The van der Waals surface area contributed by atoms with Gasteiger partial charge in [-0.25, -0.2) is 0 Å². The smallest absolute Gasteiger partial charge is 0.0243 e. The molecule has 9 heavy (non-hydrogen) atoms. The molecular formula is C7H14N2. The standard InChI is InChI=1S/C7H14N2/c1-3-6-4-9(2)5-7(6)8/h3,6-7H,1,4-5,8H2,2H3. The Morgan fingerprint density at radius 3 is 2.56 bits per heavy atom. The van der Waals surface area contributed by atoms with E-state index in [1.54, 1.807) is 0 Å². The predicted molar refractivity (Wildman–Crippen MR) is 39.2 cm³/mol. The Hall–Kier alpha value is -0.340. The van der Waals surface area contributed by atoms with Gasteiger partial charge in [0.2, 0.25) is 0 Å². The Labute approximate surface area is 56.3 Å². The molecule has 1 fully saturated rings. The number of rotatable bonds is 1. The summed E-state index contributed by atoms with van der Waals surface area (Å²) in [5.74, 6) is 0.509. The Morgan fingerprint density at radius 1 is 1.67 bits per heavy atom. The third kappa shape index (κ3) is 1.32. The zero-order chi connectivity index (χ0) is 6.85. The van der Waals surface area contributed by atoms with Crippen molar-refractivity contribution >= 4 is 0 Å². The van der Waals surface area contributed by atoms with E-state index in [1.165, 1.54) is 0 Å². The summed E-state index contributed by atoms with van der Waals surface area (Å²) >= 11 is 0. The first kappa shape index (κ1) is 6.78. The first-order chi connectivity index (χ1) is 4.24. The summed E-state index contributed by atoms with van der Waals surface area (Å²) in [4.78, 5) is 2.23. The van der Waals surface area contributed by atoms with E-state index >= 15 is 0 Å². The number of likely N-dealkylation sites (tertiary alicyclic amines) is 1. The van der Waals surface area contributed by atoms with Gasteiger partial charge in [0.15, 0.2) is 0 Å². The normalized spacial score (nSPS) is 37.1. The first-order valence-corrected chi connectivity index (χ1v) is 3.30. The molecule has 52 valence electrons. The highest BCUT2D eigenvalue weighted by Gasteiger charge is 2.24. The molecule has 1 heterocycles. The van der Waals surface area contributed by atoms with Crippen molar-refractivity contribution in [3.8, 4) is 0 Å². The van der Waals surface area contributed by atoms with Crippen LogP contribution in [-0.4, -0.2) is 31.1 Å². The number of nitrogens with two attached hydrogens (primary N) is 1. The summed E-state index contributed by atoms with van der Waals surface area (Å²) < 4.78 is 0. The van der Waals surface area contributed by atoms with Gasteiger partial charge in [-0.15, -0.1) is 6.58 Å². The molecule has 1 aliphatic heterocycles. The second-order valence-corrected chi connectivity index (χ2v) is 2.78. The van der Waals surface area contributed by atoms with Gasteiger partial charge in [0.05, 0.1) is 0 Å². The fraction of sp³-hybridized carbons (Fsp3) is 0.714. The molecule has 0 bridgehead atoms. The van der Waals surface area contributed by atoms with Crippen molar-refractivity contribution in [2.45, 2.75) is 6.04 Å². The highest BCUT2D eigenvalue weighted by molar-refractivity contribution is 4.94. The topological polar surface area (TPSA) is 29.3 Å². The van der Waals surface area contributed by atoms with E-state index in [1.807, 2.05) is 6.08 Å². The van der Waals surface area contributed by atoms with E-state index in [0.29, 0.717) is 12.0 Å². The minimum atomic E-state index is 0.312. The minimum Gasteiger partial charge on any atom is -0.326 e. The lowest BCUT2D eigenvalue weighted by Crippen LogP contribution is -2.27. The van der Waals surface area contributed by atoms with Crippen LogP contribution < -0.4 is 5.73 Å². The van der Waals surface area contributed by atoms with Crippen molar-refractivity contribution in [1.82, 2.24) is 4.90 Å². The summed E-state index contributed by atoms with van der Waals surface area (Å²) in [7, 11) is 2.09. The van der Waals surface area contributed by atoms with Crippen LogP contribution in [0.25, 0.3) is 0 Å². The van der Waals surface area contributed by atoms with Gasteiger partial charge >= 0.3 is 0 Å². The molecular weight excluding hydrogens is 112 g/mol. The van der Waals surface area contributed by atoms with Gasteiger partial charge in [-0.2, -0.15) is 0 Å². The molecule has 0 aromatic rings. The second-order valence-electron chi connectivity index (χ2n) is 2.78. The Kier molecular flexibility index (Phi) is 1.88. The molecule has 0 aromatic carbocycles. The highest BCUT2D eigenvalue weighted by atomic mass is 15.1. The summed E-state index contributed by atoms with van der Waals surface area (Å²) in [6.07, 6.45) is 1.95. The van der Waals surface area contributed by atoms with E-state index in [-0.39, 0.29) is 0 Å². The molecule has 0 aliphatic carbocycles. The quantitative estimate of drug-likeness (QED) is 0.503. The molecule has 1 rings (SSSR count). The summed E-state index contributed by atoms with van der Waals surface area (Å²) in [5, 5.41) is 0. The largest absolute Gasteiger partial charge is 0.326 e. The Balaban J connectivity index is 2.47. The van der Waals surface area contributed by atoms with Crippen LogP contribution in [0.1, 0.15) is 0 Å². The van der Waals surface area contributed by atoms with Crippen molar-refractivity contribution in [2.75, 3.05) is 20.1 Å². The first-order valence-electron chi connectivity index (χ1n) is 3.30. The molecule has 1 saturated heterocycles. The molecule has 2 unspecified atom stereocenters. The van der Waals surface area contributed by atoms with Crippen LogP contribution >= 0.6 is 0 Å². The number of nitrogens with zero attached hydrogens (tertiary/aromatic N) is 1. The maximum absolute atomic E-state index is 5.77. The lowest BCUT2D eigenvalue weighted by Gasteiger charge is -2.05. The predicted octanol–water partition coefficient (Wildman–Crippen LogP) is 0.0613. The third-order valence-electron chi connectivity index (χ3n) is 1.90. The minimum absolute atomic E-state index is 0.312. The zero-order valence-corrected chi connectivity index (χ0v) is 5.88. The van der Waals surface area contributed by atoms with Gasteiger partial charge in [-0.3, -0.25) is 0 Å². The van der Waals surface area contributed by atoms with Crippen molar-refractivity contribution in [3.63, 3.8) is 0 Å². The highest BCUT2D eigenvalue weighted by Crippen LogP contribution is 2.13. The molecule has 0 amide bonds. The second kappa shape index (κ2) is 2.50. The van der Waals surface area contributed by atoms with E-state index in [4.69, 9.17) is 5.73 Å². The Bertz CT molecular complexity index is 111. The van der Waals surface area contributed by atoms with Crippen LogP contribution in [0.3, 0.4) is 0 Å². The molecule has 0 radical (unpaired) electrons. The molecule has 0 saturated carbocycles. The van der Waals surface area contributed by atoms with Gasteiger partial charge in [0.25, 0.3) is 0 Å². The van der Waals surface area contributed by atoms with E-state index < -0.39 is 0 Å². The lowest BCUT2D eigenvalue weighted by atomic mass is 10.1. The molecule has 2 nitrogen and oxygen atoms in total.